The first-order chi connectivity index (χ1) is 6.72. The number of benzene rings is 1. The fraction of sp³-hybridized carbons (Fsp3) is 0.300. The van der Waals surface area contributed by atoms with Crippen molar-refractivity contribution in [1.82, 2.24) is 0 Å². The van der Waals surface area contributed by atoms with E-state index in [4.69, 9.17) is 15.2 Å². The molecule has 0 aromatic heterocycles. The minimum absolute atomic E-state index is 0.0751. The van der Waals surface area contributed by atoms with Crippen molar-refractivity contribution in [3.63, 3.8) is 0 Å². The van der Waals surface area contributed by atoms with Crippen LogP contribution in [0.5, 0.6) is 11.5 Å². The Hall–Kier alpha value is -1.55. The van der Waals surface area contributed by atoms with E-state index in [0.29, 0.717) is 17.1 Å². The third-order valence-electron chi connectivity index (χ3n) is 2.21. The maximum Gasteiger partial charge on any atom is 0.186 e. The zero-order valence-corrected chi connectivity index (χ0v) is 7.82. The Kier molecular flexibility index (Phi) is 2.13. The van der Waals surface area contributed by atoms with Crippen LogP contribution in [0.1, 0.15) is 10.4 Å². The average Bonchev–Trinajstić information content (AvgIpc) is 2.23. The molecule has 4 heteroatoms. The van der Waals surface area contributed by atoms with Gasteiger partial charge in [0.1, 0.15) is 24.1 Å². The Labute approximate surface area is 81.6 Å². The molecule has 0 saturated heterocycles. The molecule has 0 fully saturated rings. The minimum atomic E-state index is -0.545. The zero-order chi connectivity index (χ0) is 10.1. The molecule has 0 amide bonds. The Morgan fingerprint density at radius 1 is 1.57 bits per heavy atom. The van der Waals surface area contributed by atoms with Crippen molar-refractivity contribution >= 4 is 5.78 Å². The van der Waals surface area contributed by atoms with Gasteiger partial charge in [-0.15, -0.1) is 0 Å². The fourth-order valence-corrected chi connectivity index (χ4v) is 1.41. The SMILES string of the molecule is COc1ccc2c(c1)OC[C@H](N)C2=O. The fourth-order valence-electron chi connectivity index (χ4n) is 1.41. The summed E-state index contributed by atoms with van der Waals surface area (Å²) in [7, 11) is 1.57. The highest BCUT2D eigenvalue weighted by molar-refractivity contribution is 6.03. The van der Waals surface area contributed by atoms with Gasteiger partial charge in [-0.05, 0) is 12.1 Å². The van der Waals surface area contributed by atoms with E-state index < -0.39 is 6.04 Å². The van der Waals surface area contributed by atoms with Gasteiger partial charge < -0.3 is 15.2 Å². The Balaban J connectivity index is 2.44. The molecule has 1 atom stereocenters. The highest BCUT2D eigenvalue weighted by Crippen LogP contribution is 2.28. The molecule has 1 aliphatic heterocycles. The molecular weight excluding hydrogens is 182 g/mol. The lowest BCUT2D eigenvalue weighted by atomic mass is 10.0. The summed E-state index contributed by atoms with van der Waals surface area (Å²) in [6.07, 6.45) is 0. The number of methoxy groups -OCH3 is 1. The van der Waals surface area contributed by atoms with Crippen LogP contribution >= 0.6 is 0 Å². The Bertz CT molecular complexity index is 376. The van der Waals surface area contributed by atoms with Crippen LogP contribution in [-0.2, 0) is 0 Å². The van der Waals surface area contributed by atoms with Gasteiger partial charge in [-0.25, -0.2) is 0 Å². The van der Waals surface area contributed by atoms with Crippen LogP contribution < -0.4 is 15.2 Å². The van der Waals surface area contributed by atoms with Gasteiger partial charge in [0.15, 0.2) is 5.78 Å². The lowest BCUT2D eigenvalue weighted by Crippen LogP contribution is -2.40. The first kappa shape index (κ1) is 9.02. The van der Waals surface area contributed by atoms with Crippen LogP contribution in [0.3, 0.4) is 0 Å². The highest BCUT2D eigenvalue weighted by Gasteiger charge is 2.25. The first-order valence-corrected chi connectivity index (χ1v) is 4.33. The summed E-state index contributed by atoms with van der Waals surface area (Å²) >= 11 is 0. The van der Waals surface area contributed by atoms with Crippen molar-refractivity contribution in [3.05, 3.63) is 23.8 Å². The van der Waals surface area contributed by atoms with E-state index in [-0.39, 0.29) is 12.4 Å². The van der Waals surface area contributed by atoms with E-state index in [2.05, 4.69) is 0 Å². The van der Waals surface area contributed by atoms with Crippen molar-refractivity contribution < 1.29 is 14.3 Å². The molecule has 1 heterocycles. The van der Waals surface area contributed by atoms with E-state index in [1.807, 2.05) is 0 Å². The number of fused-ring (bicyclic) bond motifs is 1. The molecule has 1 aromatic carbocycles. The van der Waals surface area contributed by atoms with Crippen LogP contribution in [-0.4, -0.2) is 25.5 Å². The normalized spacial score (nSPS) is 19.9. The summed E-state index contributed by atoms with van der Waals surface area (Å²) in [4.78, 5) is 11.6. The molecule has 0 spiro atoms. The topological polar surface area (TPSA) is 61.6 Å². The number of carbonyl (C=O) groups is 1. The van der Waals surface area contributed by atoms with Crippen LogP contribution in [0.15, 0.2) is 18.2 Å². The summed E-state index contributed by atoms with van der Waals surface area (Å²) in [5.74, 6) is 1.15. The molecule has 74 valence electrons. The lowest BCUT2D eigenvalue weighted by Gasteiger charge is -2.21. The van der Waals surface area contributed by atoms with Crippen molar-refractivity contribution in [2.45, 2.75) is 6.04 Å². The molecule has 1 aliphatic rings. The predicted octanol–water partition coefficient (Wildman–Crippen LogP) is 0.598. The van der Waals surface area contributed by atoms with Gasteiger partial charge in [0.05, 0.1) is 12.7 Å². The first-order valence-electron chi connectivity index (χ1n) is 4.33. The minimum Gasteiger partial charge on any atom is -0.497 e. The molecular formula is C10H11NO3. The van der Waals surface area contributed by atoms with Crippen LogP contribution in [0.4, 0.5) is 0 Å². The molecule has 0 radical (unpaired) electrons. The summed E-state index contributed by atoms with van der Waals surface area (Å²) in [6, 6.07) is 4.54. The summed E-state index contributed by atoms with van der Waals surface area (Å²) in [5, 5.41) is 0. The van der Waals surface area contributed by atoms with Gasteiger partial charge in [0.2, 0.25) is 0 Å². The lowest BCUT2D eigenvalue weighted by molar-refractivity contribution is 0.0899. The highest BCUT2D eigenvalue weighted by atomic mass is 16.5. The van der Waals surface area contributed by atoms with Crippen molar-refractivity contribution in [3.8, 4) is 11.5 Å². The number of rotatable bonds is 1. The van der Waals surface area contributed by atoms with E-state index in [1.54, 1.807) is 25.3 Å². The zero-order valence-electron chi connectivity index (χ0n) is 7.82. The number of carbonyl (C=O) groups excluding carboxylic acids is 1. The number of ketones is 1. The molecule has 4 nitrogen and oxygen atoms in total. The average molecular weight is 193 g/mol. The maximum atomic E-state index is 11.6. The van der Waals surface area contributed by atoms with Gasteiger partial charge >= 0.3 is 0 Å². The van der Waals surface area contributed by atoms with Gasteiger partial charge in [-0.2, -0.15) is 0 Å². The van der Waals surface area contributed by atoms with Gasteiger partial charge in [0.25, 0.3) is 0 Å². The van der Waals surface area contributed by atoms with Crippen LogP contribution in [0, 0.1) is 0 Å². The second kappa shape index (κ2) is 3.31. The monoisotopic (exact) mass is 193 g/mol. The number of ether oxygens (including phenoxy) is 2. The molecule has 1 aromatic rings. The van der Waals surface area contributed by atoms with Crippen molar-refractivity contribution in [2.75, 3.05) is 13.7 Å². The summed E-state index contributed by atoms with van der Waals surface area (Å²) in [5.41, 5.74) is 6.09. The molecule has 0 aliphatic carbocycles. The van der Waals surface area contributed by atoms with Crippen LogP contribution in [0.25, 0.3) is 0 Å². The number of nitrogens with two attached hydrogens (primary N) is 1. The number of hydrogen-bond donors (Lipinski definition) is 1. The quantitative estimate of drug-likeness (QED) is 0.709. The van der Waals surface area contributed by atoms with Crippen molar-refractivity contribution in [2.24, 2.45) is 5.73 Å². The number of Topliss-reactive ketones (excluding diaryl/α,β-unsaturated/α-hetero) is 1. The van der Waals surface area contributed by atoms with E-state index in [1.165, 1.54) is 0 Å². The van der Waals surface area contributed by atoms with Gasteiger partial charge in [-0.1, -0.05) is 0 Å². The third-order valence-corrected chi connectivity index (χ3v) is 2.21. The van der Waals surface area contributed by atoms with Crippen molar-refractivity contribution in [1.29, 1.82) is 0 Å². The predicted molar refractivity (Wildman–Crippen MR) is 50.8 cm³/mol. The summed E-state index contributed by atoms with van der Waals surface area (Å²) in [6.45, 7) is 0.235. The Morgan fingerprint density at radius 3 is 3.07 bits per heavy atom. The van der Waals surface area contributed by atoms with Gasteiger partial charge in [0, 0.05) is 6.07 Å². The molecule has 0 bridgehead atoms. The van der Waals surface area contributed by atoms with Crippen LogP contribution in [0.2, 0.25) is 0 Å². The standard InChI is InChI=1S/C10H11NO3/c1-13-6-2-3-7-9(4-6)14-5-8(11)10(7)12/h2-4,8H,5,11H2,1H3/t8-/m0/s1. The Morgan fingerprint density at radius 2 is 2.36 bits per heavy atom. The van der Waals surface area contributed by atoms with E-state index >= 15 is 0 Å². The molecule has 2 rings (SSSR count). The van der Waals surface area contributed by atoms with E-state index in [9.17, 15) is 4.79 Å². The molecule has 0 unspecified atom stereocenters. The second-order valence-corrected chi connectivity index (χ2v) is 3.14. The number of hydrogen-bond acceptors (Lipinski definition) is 4. The smallest absolute Gasteiger partial charge is 0.186 e. The third kappa shape index (κ3) is 1.33. The molecule has 14 heavy (non-hydrogen) atoms. The largest absolute Gasteiger partial charge is 0.497 e. The maximum absolute atomic E-state index is 11.6. The summed E-state index contributed by atoms with van der Waals surface area (Å²) < 4.78 is 10.3. The second-order valence-electron chi connectivity index (χ2n) is 3.14. The molecule has 0 saturated carbocycles. The molecule has 2 N–H and O–H groups in total. The van der Waals surface area contributed by atoms with E-state index in [0.717, 1.165) is 0 Å². The van der Waals surface area contributed by atoms with Gasteiger partial charge in [-0.3, -0.25) is 4.79 Å².